The summed E-state index contributed by atoms with van der Waals surface area (Å²) in [5, 5.41) is 8.37. The Hall–Kier alpha value is -4.19. The van der Waals surface area contributed by atoms with Crippen LogP contribution in [0.4, 0.5) is 0 Å². The lowest BCUT2D eigenvalue weighted by Gasteiger charge is -2.38. The highest BCUT2D eigenvalue weighted by Gasteiger charge is 2.38. The SMILES string of the molecule is CC(C)C[C@@H]1NC(=O)CN(C)C(=O)[C@@H](Cc2ccccc2)NC(=O)[C@H]2CN(C(=O)c3ccc[nH]3)C[C@@H](CNC1=O)O2. The molecule has 12 nitrogen and oxygen atoms in total. The molecule has 2 aliphatic heterocycles. The van der Waals surface area contributed by atoms with Crippen molar-refractivity contribution in [2.45, 2.75) is 51.0 Å². The van der Waals surface area contributed by atoms with Crippen LogP contribution >= 0.6 is 0 Å². The first kappa shape index (κ1) is 29.8. The number of H-pyrrole nitrogens is 1. The topological polar surface area (TPSA) is 153 Å². The molecule has 12 heteroatoms. The zero-order chi connectivity index (χ0) is 29.5. The van der Waals surface area contributed by atoms with Gasteiger partial charge in [-0.1, -0.05) is 44.2 Å². The van der Waals surface area contributed by atoms with E-state index in [0.717, 1.165) is 5.56 Å². The molecule has 2 saturated heterocycles. The van der Waals surface area contributed by atoms with Gasteiger partial charge in [0.15, 0.2) is 6.10 Å². The van der Waals surface area contributed by atoms with Crippen molar-refractivity contribution in [1.29, 1.82) is 0 Å². The highest BCUT2D eigenvalue weighted by atomic mass is 16.5. The Bertz CT molecular complexity index is 1230. The first-order valence-electron chi connectivity index (χ1n) is 13.8. The van der Waals surface area contributed by atoms with Crippen LogP contribution in [0.15, 0.2) is 48.7 Å². The average Bonchev–Trinajstić information content (AvgIpc) is 3.49. The lowest BCUT2D eigenvalue weighted by molar-refractivity contribution is -0.148. The monoisotopic (exact) mass is 566 g/mol. The number of fused-ring (bicyclic) bond motifs is 2. The van der Waals surface area contributed by atoms with E-state index in [1.807, 2.05) is 44.2 Å². The molecule has 4 atom stereocenters. The number of nitrogens with one attached hydrogen (secondary N) is 4. The van der Waals surface area contributed by atoms with E-state index >= 15 is 0 Å². The van der Waals surface area contributed by atoms with Gasteiger partial charge in [-0.25, -0.2) is 0 Å². The summed E-state index contributed by atoms with van der Waals surface area (Å²) in [5.41, 5.74) is 1.18. The van der Waals surface area contributed by atoms with Crippen LogP contribution in [0.5, 0.6) is 0 Å². The van der Waals surface area contributed by atoms with Crippen molar-refractivity contribution >= 4 is 29.5 Å². The van der Waals surface area contributed by atoms with Crippen molar-refractivity contribution in [3.8, 4) is 0 Å². The van der Waals surface area contributed by atoms with E-state index in [9.17, 15) is 24.0 Å². The van der Waals surface area contributed by atoms with Crippen LogP contribution in [0.3, 0.4) is 0 Å². The number of carbonyl (C=O) groups is 5. The van der Waals surface area contributed by atoms with Gasteiger partial charge in [-0.3, -0.25) is 24.0 Å². The average molecular weight is 567 g/mol. The largest absolute Gasteiger partial charge is 0.360 e. The van der Waals surface area contributed by atoms with Gasteiger partial charge >= 0.3 is 0 Å². The second-order valence-electron chi connectivity index (χ2n) is 11.0. The number of hydrogen-bond donors (Lipinski definition) is 4. The van der Waals surface area contributed by atoms with E-state index in [1.165, 1.54) is 16.8 Å². The van der Waals surface area contributed by atoms with E-state index in [0.29, 0.717) is 12.1 Å². The molecule has 4 N–H and O–H groups in total. The van der Waals surface area contributed by atoms with Gasteiger partial charge in [0.25, 0.3) is 11.8 Å². The van der Waals surface area contributed by atoms with Gasteiger partial charge in [-0.05, 0) is 30.0 Å². The van der Waals surface area contributed by atoms with Gasteiger partial charge in [-0.2, -0.15) is 0 Å². The molecule has 0 unspecified atom stereocenters. The Labute approximate surface area is 239 Å². The molecule has 2 aromatic rings. The van der Waals surface area contributed by atoms with Gasteiger partial charge in [0.1, 0.15) is 17.8 Å². The minimum Gasteiger partial charge on any atom is -0.360 e. The maximum Gasteiger partial charge on any atom is 0.270 e. The molecule has 2 aliphatic rings. The van der Waals surface area contributed by atoms with Crippen LogP contribution in [0, 0.1) is 5.92 Å². The standard InChI is InChI=1S/C29H38N6O6/c1-18(2)12-22-26(37)31-14-20-15-35(29(40)21-10-7-11-30-21)16-24(41-20)27(38)33-23(13-19-8-5-4-6-9-19)28(39)34(3)17-25(36)32-22/h4-11,18,20,22-24,30H,12-17H2,1-3H3,(H,31,37)(H,32,36)(H,33,38)/t20-,22+,23-,24-/m1/s1. The quantitative estimate of drug-likeness (QED) is 0.402. The molecule has 5 amide bonds. The van der Waals surface area contributed by atoms with Crippen molar-refractivity contribution in [2.75, 3.05) is 33.2 Å². The Kier molecular flexibility index (Phi) is 9.77. The van der Waals surface area contributed by atoms with E-state index in [1.54, 1.807) is 18.3 Å². The van der Waals surface area contributed by atoms with Crippen molar-refractivity contribution in [3.63, 3.8) is 0 Å². The zero-order valence-corrected chi connectivity index (χ0v) is 23.6. The lowest BCUT2D eigenvalue weighted by atomic mass is 10.0. The first-order chi connectivity index (χ1) is 19.6. The molecule has 0 spiro atoms. The molecule has 2 fully saturated rings. The van der Waals surface area contributed by atoms with E-state index in [2.05, 4.69) is 20.9 Å². The normalized spacial score (nSPS) is 24.7. The third kappa shape index (κ3) is 7.94. The molecule has 0 radical (unpaired) electrons. The van der Waals surface area contributed by atoms with Crippen LogP contribution in [-0.4, -0.2) is 102 Å². The predicted molar refractivity (Wildman–Crippen MR) is 149 cm³/mol. The molecule has 220 valence electrons. The zero-order valence-electron chi connectivity index (χ0n) is 23.6. The van der Waals surface area contributed by atoms with Crippen LogP contribution < -0.4 is 16.0 Å². The molecule has 1 aromatic carbocycles. The summed E-state index contributed by atoms with van der Waals surface area (Å²) >= 11 is 0. The summed E-state index contributed by atoms with van der Waals surface area (Å²) in [7, 11) is 1.48. The smallest absolute Gasteiger partial charge is 0.270 e. The molecule has 0 saturated carbocycles. The number of ether oxygens (including phenoxy) is 1. The van der Waals surface area contributed by atoms with Gasteiger partial charge in [-0.15, -0.1) is 0 Å². The lowest BCUT2D eigenvalue weighted by Crippen LogP contribution is -2.59. The molecule has 0 aliphatic carbocycles. The number of carbonyl (C=O) groups excluding carboxylic acids is 5. The summed E-state index contributed by atoms with van der Waals surface area (Å²) in [4.78, 5) is 72.0. The van der Waals surface area contributed by atoms with Crippen molar-refractivity contribution in [2.24, 2.45) is 5.92 Å². The Morgan fingerprint density at radius 3 is 2.41 bits per heavy atom. The molecule has 3 heterocycles. The maximum atomic E-state index is 13.6. The maximum absolute atomic E-state index is 13.6. The number of amides is 5. The number of rotatable bonds is 5. The fraction of sp³-hybridized carbons (Fsp3) is 0.483. The van der Waals surface area contributed by atoms with Crippen molar-refractivity contribution < 1.29 is 28.7 Å². The van der Waals surface area contributed by atoms with Crippen LogP contribution in [-0.2, 0) is 30.3 Å². The minimum absolute atomic E-state index is 0.0217. The number of hydrogen-bond acceptors (Lipinski definition) is 6. The fourth-order valence-electron chi connectivity index (χ4n) is 5.05. The third-order valence-corrected chi connectivity index (χ3v) is 7.09. The summed E-state index contributed by atoms with van der Waals surface area (Å²) < 4.78 is 6.08. The van der Waals surface area contributed by atoms with Crippen LogP contribution in [0.2, 0.25) is 0 Å². The number of nitrogens with zero attached hydrogens (tertiary/aromatic N) is 2. The second-order valence-corrected chi connectivity index (χ2v) is 11.0. The minimum atomic E-state index is -1.09. The number of likely N-dealkylation sites (N-methyl/N-ethyl adjacent to an activating group) is 1. The fourth-order valence-corrected chi connectivity index (χ4v) is 5.05. The van der Waals surface area contributed by atoms with E-state index < -0.39 is 47.9 Å². The van der Waals surface area contributed by atoms with Crippen LogP contribution in [0.1, 0.15) is 36.3 Å². The third-order valence-electron chi connectivity index (χ3n) is 7.09. The molecule has 4 rings (SSSR count). The van der Waals surface area contributed by atoms with E-state index in [4.69, 9.17) is 4.74 Å². The Balaban J connectivity index is 1.64. The second kappa shape index (κ2) is 13.4. The molecule has 2 bridgehead atoms. The highest BCUT2D eigenvalue weighted by molar-refractivity contribution is 5.95. The van der Waals surface area contributed by atoms with Crippen LogP contribution in [0.25, 0.3) is 0 Å². The predicted octanol–water partition coefficient (Wildman–Crippen LogP) is 0.0709. The summed E-state index contributed by atoms with van der Waals surface area (Å²) in [6.45, 7) is 3.71. The molecular formula is C29H38N6O6. The van der Waals surface area contributed by atoms with Gasteiger partial charge in [0, 0.05) is 32.8 Å². The molecular weight excluding hydrogens is 528 g/mol. The van der Waals surface area contributed by atoms with Gasteiger partial charge in [0.05, 0.1) is 19.2 Å². The highest BCUT2D eigenvalue weighted by Crippen LogP contribution is 2.16. The number of benzene rings is 1. The van der Waals surface area contributed by atoms with Gasteiger partial charge in [0.2, 0.25) is 17.7 Å². The van der Waals surface area contributed by atoms with Crippen molar-refractivity contribution in [1.82, 2.24) is 30.7 Å². The first-order valence-corrected chi connectivity index (χ1v) is 13.8. The van der Waals surface area contributed by atoms with E-state index in [-0.39, 0.29) is 44.4 Å². The number of aromatic nitrogens is 1. The Morgan fingerprint density at radius 1 is 0.976 bits per heavy atom. The van der Waals surface area contributed by atoms with Gasteiger partial charge < -0.3 is 35.5 Å². The molecule has 1 aromatic heterocycles. The molecule has 41 heavy (non-hydrogen) atoms. The summed E-state index contributed by atoms with van der Waals surface area (Å²) in [6, 6.07) is 10.7. The summed E-state index contributed by atoms with van der Waals surface area (Å²) in [5.74, 6) is -2.14. The van der Waals surface area contributed by atoms with Crippen molar-refractivity contribution in [3.05, 3.63) is 59.9 Å². The summed E-state index contributed by atoms with van der Waals surface area (Å²) in [6.07, 6.45) is 0.425. The Morgan fingerprint density at radius 2 is 1.73 bits per heavy atom. The number of aromatic amines is 1. The number of morpholine rings is 1.